The maximum Gasteiger partial charge on any atom is 0.432 e. The largest absolute Gasteiger partial charge is 0.508 e. The van der Waals surface area contributed by atoms with Crippen LogP contribution in [-0.2, 0) is 29.4 Å². The average molecular weight is 426 g/mol. The summed E-state index contributed by atoms with van der Waals surface area (Å²) in [6, 6.07) is 11.9. The van der Waals surface area contributed by atoms with E-state index >= 15 is 0 Å². The monoisotopic (exact) mass is 426 g/mol. The van der Waals surface area contributed by atoms with E-state index in [2.05, 4.69) is 4.74 Å². The Morgan fingerprint density at radius 1 is 1.03 bits per heavy atom. The third kappa shape index (κ3) is 4.91. The SMILES string of the molecule is COC(=O)CC[C@H](OC(=O)[C@](OC)(c1ccccc1)C(F)(F)F)c1cccc(O)c1. The maximum atomic E-state index is 14.1. The molecule has 0 amide bonds. The highest BCUT2D eigenvalue weighted by molar-refractivity contribution is 5.83. The average Bonchev–Trinajstić information content (AvgIpc) is 2.71. The van der Waals surface area contributed by atoms with E-state index in [1.807, 2.05) is 0 Å². The highest BCUT2D eigenvalue weighted by Crippen LogP contribution is 2.44. The fraction of sp³-hybridized carbons (Fsp3) is 0.333. The summed E-state index contributed by atoms with van der Waals surface area (Å²) in [5.41, 5.74) is -3.60. The molecule has 6 nitrogen and oxygen atoms in total. The number of carbonyl (C=O) groups excluding carboxylic acids is 2. The van der Waals surface area contributed by atoms with Gasteiger partial charge in [-0.3, -0.25) is 4.79 Å². The fourth-order valence-electron chi connectivity index (χ4n) is 2.97. The van der Waals surface area contributed by atoms with Crippen LogP contribution in [0.2, 0.25) is 0 Å². The molecule has 0 saturated heterocycles. The lowest BCUT2D eigenvalue weighted by molar-refractivity contribution is -0.278. The van der Waals surface area contributed by atoms with Gasteiger partial charge in [-0.15, -0.1) is 0 Å². The molecule has 0 radical (unpaired) electrons. The highest BCUT2D eigenvalue weighted by Gasteiger charge is 2.64. The Morgan fingerprint density at radius 3 is 2.23 bits per heavy atom. The molecule has 9 heteroatoms. The molecule has 1 N–H and O–H groups in total. The van der Waals surface area contributed by atoms with Gasteiger partial charge in [0.15, 0.2) is 0 Å². The van der Waals surface area contributed by atoms with Crippen LogP contribution in [0.15, 0.2) is 54.6 Å². The lowest BCUT2D eigenvalue weighted by Gasteiger charge is -2.33. The van der Waals surface area contributed by atoms with E-state index in [4.69, 9.17) is 9.47 Å². The van der Waals surface area contributed by atoms with Gasteiger partial charge in [0, 0.05) is 19.1 Å². The predicted octanol–water partition coefficient (Wildman–Crippen LogP) is 4.03. The first kappa shape index (κ1) is 23.2. The highest BCUT2D eigenvalue weighted by atomic mass is 19.4. The molecule has 0 bridgehead atoms. The number of hydrogen-bond donors (Lipinski definition) is 1. The molecule has 0 fully saturated rings. The third-order valence-electron chi connectivity index (χ3n) is 4.50. The summed E-state index contributed by atoms with van der Waals surface area (Å²) in [5.74, 6) is -2.50. The second kappa shape index (κ2) is 9.62. The number of benzene rings is 2. The molecule has 30 heavy (non-hydrogen) atoms. The van der Waals surface area contributed by atoms with E-state index < -0.39 is 35.4 Å². The Balaban J connectivity index is 2.45. The molecule has 2 aromatic rings. The summed E-state index contributed by atoms with van der Waals surface area (Å²) in [5, 5.41) is 9.70. The van der Waals surface area contributed by atoms with Crippen LogP contribution in [0, 0.1) is 0 Å². The molecule has 162 valence electrons. The fourth-order valence-corrected chi connectivity index (χ4v) is 2.97. The van der Waals surface area contributed by atoms with Gasteiger partial charge in [-0.1, -0.05) is 42.5 Å². The van der Waals surface area contributed by atoms with Crippen LogP contribution >= 0.6 is 0 Å². The number of hydrogen-bond acceptors (Lipinski definition) is 6. The van der Waals surface area contributed by atoms with Crippen molar-refractivity contribution in [3.63, 3.8) is 0 Å². The second-order valence-corrected chi connectivity index (χ2v) is 6.35. The van der Waals surface area contributed by atoms with Gasteiger partial charge in [0.25, 0.3) is 5.60 Å². The van der Waals surface area contributed by atoms with Crippen molar-refractivity contribution in [3.05, 3.63) is 65.7 Å². The molecule has 2 aromatic carbocycles. The molecule has 0 aliphatic carbocycles. The van der Waals surface area contributed by atoms with Crippen LogP contribution in [0.4, 0.5) is 13.2 Å². The first-order valence-electron chi connectivity index (χ1n) is 8.90. The van der Waals surface area contributed by atoms with E-state index in [1.165, 1.54) is 42.5 Å². The summed E-state index contributed by atoms with van der Waals surface area (Å²) in [6.45, 7) is 0. The number of ether oxygens (including phenoxy) is 3. The van der Waals surface area contributed by atoms with E-state index in [0.29, 0.717) is 0 Å². The molecule has 0 aromatic heterocycles. The third-order valence-corrected chi connectivity index (χ3v) is 4.50. The minimum absolute atomic E-state index is 0.158. The molecule has 0 heterocycles. The maximum absolute atomic E-state index is 14.1. The molecule has 2 rings (SSSR count). The van der Waals surface area contributed by atoms with E-state index in [-0.39, 0.29) is 24.2 Å². The number of alkyl halides is 3. The number of phenolic OH excluding ortho intramolecular Hbond substituents is 1. The molecular formula is C21H21F3O6. The van der Waals surface area contributed by atoms with E-state index in [1.54, 1.807) is 0 Å². The van der Waals surface area contributed by atoms with Crippen molar-refractivity contribution in [1.82, 2.24) is 0 Å². The summed E-state index contributed by atoms with van der Waals surface area (Å²) < 4.78 is 56.7. The minimum Gasteiger partial charge on any atom is -0.508 e. The molecule has 0 spiro atoms. The lowest BCUT2D eigenvalue weighted by atomic mass is 9.92. The van der Waals surface area contributed by atoms with Crippen LogP contribution in [0.3, 0.4) is 0 Å². The molecule has 0 unspecified atom stereocenters. The van der Waals surface area contributed by atoms with Gasteiger partial charge < -0.3 is 19.3 Å². The Labute approximate surface area is 171 Å². The Hall–Kier alpha value is -3.07. The Bertz CT molecular complexity index is 869. The molecule has 0 aliphatic heterocycles. The minimum atomic E-state index is -5.13. The normalized spacial score (nSPS) is 14.4. The molecule has 2 atom stereocenters. The van der Waals surface area contributed by atoms with Crippen LogP contribution in [0.25, 0.3) is 0 Å². The van der Waals surface area contributed by atoms with Gasteiger partial charge in [0.1, 0.15) is 11.9 Å². The van der Waals surface area contributed by atoms with Crippen LogP contribution in [-0.4, -0.2) is 37.4 Å². The summed E-state index contributed by atoms with van der Waals surface area (Å²) in [7, 11) is 1.92. The van der Waals surface area contributed by atoms with Crippen LogP contribution in [0.5, 0.6) is 5.75 Å². The predicted molar refractivity (Wildman–Crippen MR) is 99.4 cm³/mol. The number of halogens is 3. The molecule has 0 saturated carbocycles. The standard InChI is InChI=1S/C21H21F3O6/c1-28-18(26)12-11-17(14-7-6-10-16(25)13-14)30-19(27)20(29-2,21(22,23)24)15-8-4-3-5-9-15/h3-10,13,17,25H,11-12H2,1-2H3/t17-,20+/m0/s1. The van der Waals surface area contributed by atoms with Gasteiger partial charge in [-0.2, -0.15) is 13.2 Å². The summed E-state index contributed by atoms with van der Waals surface area (Å²) >= 11 is 0. The van der Waals surface area contributed by atoms with E-state index in [9.17, 15) is 27.9 Å². The molecular weight excluding hydrogens is 405 g/mol. The first-order chi connectivity index (χ1) is 14.2. The van der Waals surface area contributed by atoms with Gasteiger partial charge in [-0.05, 0) is 24.1 Å². The second-order valence-electron chi connectivity index (χ2n) is 6.35. The van der Waals surface area contributed by atoms with Crippen molar-refractivity contribution in [2.75, 3.05) is 14.2 Å². The van der Waals surface area contributed by atoms with Crippen molar-refractivity contribution < 1.29 is 42.1 Å². The number of methoxy groups -OCH3 is 2. The number of phenols is 1. The Kier molecular flexibility index (Phi) is 7.44. The van der Waals surface area contributed by atoms with Crippen molar-refractivity contribution in [2.45, 2.75) is 30.7 Å². The lowest BCUT2D eigenvalue weighted by Crippen LogP contribution is -2.52. The molecule has 0 aliphatic rings. The number of carbonyl (C=O) groups is 2. The number of esters is 2. The van der Waals surface area contributed by atoms with Crippen molar-refractivity contribution >= 4 is 11.9 Å². The zero-order valence-corrected chi connectivity index (χ0v) is 16.3. The zero-order chi connectivity index (χ0) is 22.4. The first-order valence-corrected chi connectivity index (χ1v) is 8.90. The van der Waals surface area contributed by atoms with Crippen LogP contribution < -0.4 is 0 Å². The van der Waals surface area contributed by atoms with Crippen molar-refractivity contribution in [3.8, 4) is 5.75 Å². The van der Waals surface area contributed by atoms with Gasteiger partial charge in [-0.25, -0.2) is 4.79 Å². The Morgan fingerprint density at radius 2 is 1.70 bits per heavy atom. The van der Waals surface area contributed by atoms with Crippen molar-refractivity contribution in [2.24, 2.45) is 0 Å². The van der Waals surface area contributed by atoms with Gasteiger partial charge in [0.05, 0.1) is 7.11 Å². The van der Waals surface area contributed by atoms with Gasteiger partial charge >= 0.3 is 18.1 Å². The van der Waals surface area contributed by atoms with Crippen molar-refractivity contribution in [1.29, 1.82) is 0 Å². The van der Waals surface area contributed by atoms with Crippen LogP contribution in [0.1, 0.15) is 30.1 Å². The number of rotatable bonds is 8. The topological polar surface area (TPSA) is 82.1 Å². The van der Waals surface area contributed by atoms with E-state index in [0.717, 1.165) is 26.4 Å². The number of aromatic hydroxyl groups is 1. The quantitative estimate of drug-likeness (QED) is 0.642. The zero-order valence-electron chi connectivity index (χ0n) is 16.3. The summed E-state index contributed by atoms with van der Waals surface area (Å²) in [6.07, 6.45) is -6.77. The smallest absolute Gasteiger partial charge is 0.432 e. The summed E-state index contributed by atoms with van der Waals surface area (Å²) in [4.78, 5) is 24.4. The van der Waals surface area contributed by atoms with Gasteiger partial charge in [0.2, 0.25) is 0 Å².